The molecular formula is C7H16O3S. The van der Waals surface area contributed by atoms with Crippen molar-refractivity contribution >= 4 is 9.84 Å². The molecule has 0 spiro atoms. The van der Waals surface area contributed by atoms with Gasteiger partial charge in [0.2, 0.25) is 0 Å². The zero-order valence-electron chi connectivity index (χ0n) is 7.55. The number of hydrogen-bond acceptors (Lipinski definition) is 3. The van der Waals surface area contributed by atoms with Crippen LogP contribution in [-0.4, -0.2) is 26.7 Å². The molecule has 0 aromatic heterocycles. The zero-order valence-corrected chi connectivity index (χ0v) is 8.36. The predicted octanol–water partition coefficient (Wildman–Crippen LogP) is 1.19. The molecule has 0 saturated carbocycles. The molecule has 0 aliphatic heterocycles. The second-order valence-electron chi connectivity index (χ2n) is 2.59. The monoisotopic (exact) mass is 180 g/mol. The molecule has 0 heterocycles. The third-order valence-corrected chi connectivity index (χ3v) is 4.22. The van der Waals surface area contributed by atoms with E-state index in [1.807, 2.05) is 13.8 Å². The van der Waals surface area contributed by atoms with Crippen LogP contribution in [0.4, 0.5) is 0 Å². The number of rotatable bonds is 4. The van der Waals surface area contributed by atoms with Gasteiger partial charge in [-0.2, -0.15) is 0 Å². The normalized spacial score (nSPS) is 13.5. The van der Waals surface area contributed by atoms with Crippen LogP contribution in [0.2, 0.25) is 0 Å². The van der Waals surface area contributed by atoms with Gasteiger partial charge in [0.15, 0.2) is 14.8 Å². The van der Waals surface area contributed by atoms with Gasteiger partial charge in [-0.1, -0.05) is 13.8 Å². The minimum absolute atomic E-state index is 0.499. The maximum atomic E-state index is 11.2. The van der Waals surface area contributed by atoms with Crippen LogP contribution in [0.25, 0.3) is 0 Å². The van der Waals surface area contributed by atoms with Gasteiger partial charge in [0.25, 0.3) is 0 Å². The van der Waals surface area contributed by atoms with Gasteiger partial charge >= 0.3 is 0 Å². The topological polar surface area (TPSA) is 43.4 Å². The maximum absolute atomic E-state index is 11.2. The highest BCUT2D eigenvalue weighted by Crippen LogP contribution is 2.25. The van der Waals surface area contributed by atoms with Crippen molar-refractivity contribution in [2.75, 3.05) is 13.4 Å². The molecule has 0 amide bonds. The van der Waals surface area contributed by atoms with E-state index >= 15 is 0 Å². The largest absolute Gasteiger partial charge is 0.362 e. The summed E-state index contributed by atoms with van der Waals surface area (Å²) in [6, 6.07) is 0. The first-order chi connectivity index (χ1) is 4.93. The second-order valence-corrected chi connectivity index (χ2v) is 4.88. The smallest absolute Gasteiger partial charge is 0.177 e. The van der Waals surface area contributed by atoms with Gasteiger partial charge in [0.05, 0.1) is 0 Å². The number of ether oxygens (including phenoxy) is 1. The average Bonchev–Trinajstić information content (AvgIpc) is 1.90. The first kappa shape index (κ1) is 10.9. The van der Waals surface area contributed by atoms with Gasteiger partial charge in [-0.15, -0.1) is 0 Å². The lowest BCUT2D eigenvalue weighted by Gasteiger charge is -2.27. The van der Waals surface area contributed by atoms with Crippen molar-refractivity contribution in [3.8, 4) is 0 Å². The molecule has 0 N–H and O–H groups in total. The van der Waals surface area contributed by atoms with E-state index in [9.17, 15) is 8.42 Å². The molecule has 0 atom stereocenters. The van der Waals surface area contributed by atoms with Crippen molar-refractivity contribution in [3.63, 3.8) is 0 Å². The molecular weight excluding hydrogens is 164 g/mol. The molecule has 68 valence electrons. The lowest BCUT2D eigenvalue weighted by molar-refractivity contribution is 0.0555. The van der Waals surface area contributed by atoms with E-state index in [-0.39, 0.29) is 0 Å². The van der Waals surface area contributed by atoms with E-state index in [1.165, 1.54) is 13.4 Å². The summed E-state index contributed by atoms with van der Waals surface area (Å²) in [4.78, 5) is -0.965. The fourth-order valence-electron chi connectivity index (χ4n) is 1.21. The molecule has 0 fully saturated rings. The molecule has 0 bridgehead atoms. The predicted molar refractivity (Wildman–Crippen MR) is 45.2 cm³/mol. The summed E-state index contributed by atoms with van der Waals surface area (Å²) < 4.78 is 27.5. The molecule has 0 rings (SSSR count). The Morgan fingerprint density at radius 2 is 1.64 bits per heavy atom. The highest BCUT2D eigenvalue weighted by Gasteiger charge is 2.36. The standard InChI is InChI=1S/C7H16O3S/c1-5-7(6-2,10-3)11(4,8)9/h5-6H2,1-4H3. The van der Waals surface area contributed by atoms with Gasteiger partial charge in [-0.3, -0.25) is 0 Å². The Kier molecular flexibility index (Phi) is 3.51. The van der Waals surface area contributed by atoms with Crippen molar-refractivity contribution in [3.05, 3.63) is 0 Å². The minimum Gasteiger partial charge on any atom is -0.362 e. The Hall–Kier alpha value is -0.0900. The summed E-state index contributed by atoms with van der Waals surface area (Å²) in [5.74, 6) is 0. The van der Waals surface area contributed by atoms with Crippen LogP contribution in [0.5, 0.6) is 0 Å². The van der Waals surface area contributed by atoms with E-state index < -0.39 is 14.8 Å². The van der Waals surface area contributed by atoms with Crippen LogP contribution < -0.4 is 0 Å². The van der Waals surface area contributed by atoms with Crippen molar-refractivity contribution in [1.29, 1.82) is 0 Å². The summed E-state index contributed by atoms with van der Waals surface area (Å²) in [5.41, 5.74) is 0. The van der Waals surface area contributed by atoms with Crippen LogP contribution in [-0.2, 0) is 14.6 Å². The van der Waals surface area contributed by atoms with E-state index in [0.29, 0.717) is 12.8 Å². The molecule has 0 radical (unpaired) electrons. The molecule has 4 heteroatoms. The Morgan fingerprint density at radius 1 is 1.27 bits per heavy atom. The highest BCUT2D eigenvalue weighted by molar-refractivity contribution is 7.91. The number of sulfone groups is 1. The van der Waals surface area contributed by atoms with Crippen molar-refractivity contribution in [1.82, 2.24) is 0 Å². The van der Waals surface area contributed by atoms with Gasteiger partial charge in [0.1, 0.15) is 0 Å². The second kappa shape index (κ2) is 3.54. The van der Waals surface area contributed by atoms with Crippen LogP contribution in [0, 0.1) is 0 Å². The summed E-state index contributed by atoms with van der Waals surface area (Å²) in [6.07, 6.45) is 2.21. The maximum Gasteiger partial charge on any atom is 0.177 e. The number of methoxy groups -OCH3 is 1. The molecule has 0 aliphatic carbocycles. The molecule has 0 aromatic rings. The van der Waals surface area contributed by atoms with Gasteiger partial charge < -0.3 is 4.74 Å². The molecule has 0 saturated heterocycles. The first-order valence-electron chi connectivity index (χ1n) is 3.68. The van der Waals surface area contributed by atoms with Crippen molar-refractivity contribution in [2.24, 2.45) is 0 Å². The van der Waals surface area contributed by atoms with Crippen LogP contribution in [0.1, 0.15) is 26.7 Å². The quantitative estimate of drug-likeness (QED) is 0.652. The molecule has 0 aromatic carbocycles. The Bertz CT molecular complexity index is 193. The van der Waals surface area contributed by atoms with Crippen LogP contribution in [0.15, 0.2) is 0 Å². The summed E-state index contributed by atoms with van der Waals surface area (Å²) in [7, 11) is -1.66. The average molecular weight is 180 g/mol. The molecule has 0 unspecified atom stereocenters. The Morgan fingerprint density at radius 3 is 1.64 bits per heavy atom. The van der Waals surface area contributed by atoms with E-state index in [0.717, 1.165) is 0 Å². The van der Waals surface area contributed by atoms with Crippen molar-refractivity contribution < 1.29 is 13.2 Å². The van der Waals surface area contributed by atoms with Crippen molar-refractivity contribution in [2.45, 2.75) is 31.6 Å². The van der Waals surface area contributed by atoms with E-state index in [1.54, 1.807) is 0 Å². The summed E-state index contributed by atoms with van der Waals surface area (Å²) in [6.45, 7) is 3.63. The van der Waals surface area contributed by atoms with Crippen LogP contribution in [0.3, 0.4) is 0 Å². The number of hydrogen-bond donors (Lipinski definition) is 0. The van der Waals surface area contributed by atoms with Gasteiger partial charge in [0, 0.05) is 13.4 Å². The van der Waals surface area contributed by atoms with Crippen LogP contribution >= 0.6 is 0 Å². The van der Waals surface area contributed by atoms with E-state index in [4.69, 9.17) is 4.74 Å². The Labute approximate surface area is 68.7 Å². The fraction of sp³-hybridized carbons (Fsp3) is 1.00. The highest BCUT2D eigenvalue weighted by atomic mass is 32.2. The lowest BCUT2D eigenvalue weighted by atomic mass is 10.2. The molecule has 0 aliphatic rings. The molecule has 3 nitrogen and oxygen atoms in total. The minimum atomic E-state index is -3.10. The lowest BCUT2D eigenvalue weighted by Crippen LogP contribution is -2.38. The zero-order chi connectivity index (χ0) is 9.12. The molecule has 11 heavy (non-hydrogen) atoms. The van der Waals surface area contributed by atoms with Gasteiger partial charge in [-0.25, -0.2) is 8.42 Å². The third-order valence-electron chi connectivity index (χ3n) is 2.13. The first-order valence-corrected chi connectivity index (χ1v) is 5.57. The third kappa shape index (κ3) is 1.93. The summed E-state index contributed by atoms with van der Waals surface area (Å²) >= 11 is 0. The fourth-order valence-corrected chi connectivity index (χ4v) is 2.57. The van der Waals surface area contributed by atoms with Gasteiger partial charge in [-0.05, 0) is 12.8 Å². The SMILES string of the molecule is CCC(CC)(OC)S(C)(=O)=O. The Balaban J connectivity index is 4.86. The van der Waals surface area contributed by atoms with E-state index in [2.05, 4.69) is 0 Å². The summed E-state index contributed by atoms with van der Waals surface area (Å²) in [5, 5.41) is 0.